The zero-order valence-corrected chi connectivity index (χ0v) is 17.0. The highest BCUT2D eigenvalue weighted by Gasteiger charge is 2.16. The summed E-state index contributed by atoms with van der Waals surface area (Å²) in [6.07, 6.45) is 3.68. The molecule has 0 fully saturated rings. The van der Waals surface area contributed by atoms with Crippen LogP contribution >= 0.6 is 0 Å². The average molecular weight is 385 g/mol. The molecule has 8 nitrogen and oxygen atoms in total. The van der Waals surface area contributed by atoms with Crippen molar-refractivity contribution in [3.63, 3.8) is 0 Å². The third-order valence-corrected chi connectivity index (χ3v) is 3.98. The van der Waals surface area contributed by atoms with E-state index in [4.69, 9.17) is 15.2 Å². The van der Waals surface area contributed by atoms with E-state index < -0.39 is 0 Å². The number of benzene rings is 1. The van der Waals surface area contributed by atoms with Gasteiger partial charge in [-0.2, -0.15) is 0 Å². The van der Waals surface area contributed by atoms with E-state index in [9.17, 15) is 4.79 Å². The fraction of sp³-hybridized carbons (Fsp3) is 0.350. The SMILES string of the molecule is C/C=C\C(OC)=C(/COC)Cn1nc2c(N)nc3ccccc3n2c1=O.CC. The predicted molar refractivity (Wildman–Crippen MR) is 111 cm³/mol. The Balaban J connectivity index is 0.00000136. The Morgan fingerprint density at radius 1 is 1.25 bits per heavy atom. The molecule has 3 aromatic rings. The van der Waals surface area contributed by atoms with Crippen LogP contribution in [-0.4, -0.2) is 40.0 Å². The number of rotatable bonds is 6. The molecule has 0 atom stereocenters. The van der Waals surface area contributed by atoms with Crippen LogP contribution in [0.2, 0.25) is 0 Å². The number of anilines is 1. The van der Waals surface area contributed by atoms with Crippen LogP contribution in [0.5, 0.6) is 0 Å². The van der Waals surface area contributed by atoms with Crippen LogP contribution in [0.3, 0.4) is 0 Å². The summed E-state index contributed by atoms with van der Waals surface area (Å²) in [5.41, 5.74) is 8.12. The molecule has 0 saturated heterocycles. The summed E-state index contributed by atoms with van der Waals surface area (Å²) in [4.78, 5) is 17.3. The van der Waals surface area contributed by atoms with Gasteiger partial charge < -0.3 is 15.2 Å². The lowest BCUT2D eigenvalue weighted by Gasteiger charge is -2.10. The smallest absolute Gasteiger partial charge is 0.351 e. The zero-order chi connectivity index (χ0) is 20.7. The topological polar surface area (TPSA) is 96.7 Å². The Labute approximate surface area is 163 Å². The summed E-state index contributed by atoms with van der Waals surface area (Å²) in [7, 11) is 3.16. The number of allylic oxidation sites excluding steroid dienone is 2. The van der Waals surface area contributed by atoms with Crippen molar-refractivity contribution in [2.45, 2.75) is 27.3 Å². The maximum absolute atomic E-state index is 13.0. The number of nitrogens with two attached hydrogens (primary N) is 1. The van der Waals surface area contributed by atoms with Gasteiger partial charge >= 0.3 is 5.69 Å². The van der Waals surface area contributed by atoms with E-state index in [0.717, 1.165) is 5.57 Å². The molecule has 0 unspecified atom stereocenters. The number of hydrogen-bond acceptors (Lipinski definition) is 6. The maximum Gasteiger partial charge on any atom is 0.351 e. The highest BCUT2D eigenvalue weighted by atomic mass is 16.5. The first-order valence-corrected chi connectivity index (χ1v) is 9.12. The van der Waals surface area contributed by atoms with Crippen LogP contribution in [-0.2, 0) is 16.0 Å². The van der Waals surface area contributed by atoms with E-state index in [1.54, 1.807) is 20.3 Å². The Hall–Kier alpha value is -3.13. The van der Waals surface area contributed by atoms with E-state index in [1.807, 2.05) is 51.1 Å². The van der Waals surface area contributed by atoms with E-state index in [2.05, 4.69) is 10.1 Å². The highest BCUT2D eigenvalue weighted by Crippen LogP contribution is 2.17. The molecule has 0 aliphatic rings. The van der Waals surface area contributed by atoms with Gasteiger partial charge in [0, 0.05) is 12.7 Å². The predicted octanol–water partition coefficient (Wildman–Crippen LogP) is 2.78. The molecule has 2 aromatic heterocycles. The number of fused-ring (bicyclic) bond motifs is 3. The van der Waals surface area contributed by atoms with Gasteiger partial charge in [-0.3, -0.25) is 0 Å². The quantitative estimate of drug-likeness (QED) is 0.518. The molecular weight excluding hydrogens is 358 g/mol. The largest absolute Gasteiger partial charge is 0.497 e. The molecule has 0 spiro atoms. The minimum Gasteiger partial charge on any atom is -0.497 e. The molecule has 150 valence electrons. The van der Waals surface area contributed by atoms with Crippen molar-refractivity contribution in [3.05, 3.63) is 58.2 Å². The Kier molecular flexibility index (Phi) is 7.34. The summed E-state index contributed by atoms with van der Waals surface area (Å²) >= 11 is 0. The lowest BCUT2D eigenvalue weighted by atomic mass is 10.2. The van der Waals surface area contributed by atoms with Gasteiger partial charge in [0.15, 0.2) is 5.82 Å². The van der Waals surface area contributed by atoms with Crippen LogP contribution in [0.4, 0.5) is 5.82 Å². The van der Waals surface area contributed by atoms with Gasteiger partial charge in [-0.1, -0.05) is 32.1 Å². The lowest BCUT2D eigenvalue weighted by molar-refractivity contribution is 0.209. The van der Waals surface area contributed by atoms with Crippen molar-refractivity contribution in [2.24, 2.45) is 0 Å². The molecule has 8 heteroatoms. The van der Waals surface area contributed by atoms with Crippen LogP contribution in [0.1, 0.15) is 20.8 Å². The third-order valence-electron chi connectivity index (χ3n) is 3.98. The first-order chi connectivity index (χ1) is 13.6. The highest BCUT2D eigenvalue weighted by molar-refractivity contribution is 5.81. The number of nitrogens with zero attached hydrogens (tertiary/aromatic N) is 4. The van der Waals surface area contributed by atoms with Crippen LogP contribution < -0.4 is 11.4 Å². The molecule has 0 aliphatic heterocycles. The number of aromatic nitrogens is 4. The van der Waals surface area contributed by atoms with Gasteiger partial charge in [0.1, 0.15) is 5.76 Å². The summed E-state index contributed by atoms with van der Waals surface area (Å²) in [6, 6.07) is 7.31. The van der Waals surface area contributed by atoms with Gasteiger partial charge in [-0.05, 0) is 25.1 Å². The Bertz CT molecular complexity index is 1060. The van der Waals surface area contributed by atoms with Crippen LogP contribution in [0.25, 0.3) is 16.7 Å². The molecule has 0 radical (unpaired) electrons. The number of methoxy groups -OCH3 is 2. The molecule has 2 N–H and O–H groups in total. The standard InChI is InChI=1S/C18H21N5O3.C2H6/c1-4-7-15(26-3)12(11-25-2)10-22-18(24)23-14-9-6-5-8-13(14)20-16(19)17(23)21-22;1-2/h4-9H,10-11H2,1-3H3,(H2,19,20);1-2H3/b7-4-,15-12+;. The summed E-state index contributed by atoms with van der Waals surface area (Å²) in [6.45, 7) is 6.41. The third kappa shape index (κ3) is 4.07. The number of nitrogen functional groups attached to an aromatic ring is 1. The van der Waals surface area contributed by atoms with Crippen LogP contribution in [0.15, 0.2) is 52.5 Å². The molecular formula is C20H27N5O3. The molecule has 1 aromatic carbocycles. The summed E-state index contributed by atoms with van der Waals surface area (Å²) < 4.78 is 13.5. The fourth-order valence-electron chi connectivity index (χ4n) is 2.85. The second-order valence-electron chi connectivity index (χ2n) is 5.69. The van der Waals surface area contributed by atoms with E-state index in [0.29, 0.717) is 29.0 Å². The summed E-state index contributed by atoms with van der Waals surface area (Å²) in [5.74, 6) is 0.839. The zero-order valence-electron chi connectivity index (χ0n) is 17.0. The van der Waals surface area contributed by atoms with Gasteiger partial charge in [0.25, 0.3) is 0 Å². The van der Waals surface area contributed by atoms with Crippen molar-refractivity contribution < 1.29 is 9.47 Å². The number of hydrogen-bond donors (Lipinski definition) is 1. The van der Waals surface area contributed by atoms with Crippen molar-refractivity contribution in [1.29, 1.82) is 0 Å². The molecule has 2 heterocycles. The Morgan fingerprint density at radius 2 is 1.96 bits per heavy atom. The minimum atomic E-state index is -0.296. The number of ether oxygens (including phenoxy) is 2. The second kappa shape index (κ2) is 9.70. The van der Waals surface area contributed by atoms with Gasteiger partial charge in [0.2, 0.25) is 5.65 Å². The number of para-hydroxylation sites is 2. The lowest BCUT2D eigenvalue weighted by Crippen LogP contribution is -2.24. The maximum atomic E-state index is 13.0. The average Bonchev–Trinajstić information content (AvgIpc) is 3.05. The van der Waals surface area contributed by atoms with Gasteiger partial charge in [-0.15, -0.1) is 5.10 Å². The normalized spacial score (nSPS) is 12.2. The molecule has 0 bridgehead atoms. The van der Waals surface area contributed by atoms with E-state index >= 15 is 0 Å². The fourth-order valence-corrected chi connectivity index (χ4v) is 2.85. The van der Waals surface area contributed by atoms with E-state index in [1.165, 1.54) is 9.08 Å². The first kappa shape index (κ1) is 21.2. The molecule has 28 heavy (non-hydrogen) atoms. The molecule has 0 amide bonds. The Morgan fingerprint density at radius 3 is 2.61 bits per heavy atom. The molecule has 0 saturated carbocycles. The molecule has 0 aliphatic carbocycles. The van der Waals surface area contributed by atoms with Crippen molar-refractivity contribution >= 4 is 22.5 Å². The van der Waals surface area contributed by atoms with Gasteiger partial charge in [0.05, 0.1) is 31.3 Å². The monoisotopic (exact) mass is 385 g/mol. The van der Waals surface area contributed by atoms with Gasteiger partial charge in [-0.25, -0.2) is 18.9 Å². The van der Waals surface area contributed by atoms with Crippen molar-refractivity contribution in [2.75, 3.05) is 26.6 Å². The van der Waals surface area contributed by atoms with Crippen LogP contribution in [0, 0.1) is 0 Å². The van der Waals surface area contributed by atoms with Crippen molar-refractivity contribution in [1.82, 2.24) is 19.2 Å². The van der Waals surface area contributed by atoms with Crippen molar-refractivity contribution in [3.8, 4) is 0 Å². The molecule has 3 rings (SSSR count). The van der Waals surface area contributed by atoms with E-state index in [-0.39, 0.29) is 18.1 Å². The minimum absolute atomic E-state index is 0.206. The second-order valence-corrected chi connectivity index (χ2v) is 5.69. The first-order valence-electron chi connectivity index (χ1n) is 9.12. The summed E-state index contributed by atoms with van der Waals surface area (Å²) in [5, 5.41) is 4.37.